The Balaban J connectivity index is 1.98. The second kappa shape index (κ2) is 12.4. The van der Waals surface area contributed by atoms with Gasteiger partial charge in [-0.05, 0) is 67.9 Å². The minimum absolute atomic E-state index is 0.0145. The number of likely N-dealkylation sites (N-methyl/N-ethyl adjacent to an activating group) is 1. The van der Waals surface area contributed by atoms with Crippen molar-refractivity contribution >= 4 is 27.5 Å². The van der Waals surface area contributed by atoms with Crippen LogP contribution >= 0.6 is 0 Å². The Morgan fingerprint density at radius 1 is 0.973 bits per heavy atom. The molecule has 0 heterocycles. The number of halogens is 1. The molecule has 1 atom stereocenters. The van der Waals surface area contributed by atoms with Gasteiger partial charge in [-0.2, -0.15) is 0 Å². The van der Waals surface area contributed by atoms with Crippen molar-refractivity contribution in [3.63, 3.8) is 0 Å². The molecule has 1 unspecified atom stereocenters. The highest BCUT2D eigenvalue weighted by Crippen LogP contribution is 2.26. The van der Waals surface area contributed by atoms with Gasteiger partial charge in [0.15, 0.2) is 0 Å². The number of anilines is 1. The number of carbonyl (C=O) groups excluding carboxylic acids is 2. The number of benzene rings is 3. The molecule has 196 valence electrons. The minimum atomic E-state index is -4.16. The number of amides is 2. The Bertz CT molecular complexity index is 1300. The van der Waals surface area contributed by atoms with Crippen molar-refractivity contribution < 1.29 is 27.1 Å². The number of ether oxygens (including phenoxy) is 1. The van der Waals surface area contributed by atoms with E-state index in [-0.39, 0.29) is 11.4 Å². The molecule has 0 aliphatic heterocycles. The lowest BCUT2D eigenvalue weighted by molar-refractivity contribution is -0.139. The molecule has 0 aromatic heterocycles. The van der Waals surface area contributed by atoms with E-state index in [1.165, 1.54) is 48.3 Å². The molecule has 37 heavy (non-hydrogen) atoms. The summed E-state index contributed by atoms with van der Waals surface area (Å²) in [6, 6.07) is 18.8. The normalized spacial score (nSPS) is 11.9. The molecule has 0 aliphatic carbocycles. The molecular weight excluding hydrogens is 497 g/mol. The summed E-state index contributed by atoms with van der Waals surface area (Å²) in [4.78, 5) is 27.3. The van der Waals surface area contributed by atoms with Gasteiger partial charge in [-0.1, -0.05) is 30.3 Å². The molecule has 2 amide bonds. The summed E-state index contributed by atoms with van der Waals surface area (Å²) in [5.41, 5.74) is 0.880. The van der Waals surface area contributed by atoms with Gasteiger partial charge in [-0.15, -0.1) is 0 Å². The summed E-state index contributed by atoms with van der Waals surface area (Å²) in [7, 11) is -2.71. The zero-order chi connectivity index (χ0) is 27.0. The Morgan fingerprint density at radius 3 is 2.16 bits per heavy atom. The lowest BCUT2D eigenvalue weighted by atomic mass is 10.1. The zero-order valence-electron chi connectivity index (χ0n) is 20.9. The van der Waals surface area contributed by atoms with Gasteiger partial charge < -0.3 is 15.0 Å². The van der Waals surface area contributed by atoms with Crippen molar-refractivity contribution in [3.05, 3.63) is 90.2 Å². The van der Waals surface area contributed by atoms with Crippen LogP contribution in [-0.2, 0) is 26.2 Å². The Kier molecular flexibility index (Phi) is 9.24. The Hall–Kier alpha value is -3.92. The SMILES string of the molecule is CCOc1ccc(S(=O)(=O)N(CC(=O)N(Cc2ccc(F)cc2)C(C)C(=O)NC)c2ccccc2)cc1. The highest BCUT2D eigenvalue weighted by atomic mass is 32.2. The van der Waals surface area contributed by atoms with Crippen LogP contribution in [0.3, 0.4) is 0 Å². The average Bonchev–Trinajstić information content (AvgIpc) is 2.91. The Labute approximate surface area is 216 Å². The van der Waals surface area contributed by atoms with Crippen molar-refractivity contribution in [3.8, 4) is 5.75 Å². The van der Waals surface area contributed by atoms with E-state index in [0.717, 1.165) is 4.31 Å². The largest absolute Gasteiger partial charge is 0.494 e. The quantitative estimate of drug-likeness (QED) is 0.411. The van der Waals surface area contributed by atoms with Crippen LogP contribution in [0, 0.1) is 5.82 Å². The third kappa shape index (κ3) is 6.85. The number of hydrogen-bond acceptors (Lipinski definition) is 5. The standard InChI is InChI=1S/C27H30FN3O5S/c1-4-36-24-14-16-25(17-15-24)37(34,35)31(23-8-6-5-7-9-23)19-26(32)30(20(2)27(33)29-3)18-21-10-12-22(28)13-11-21/h5-17,20H,4,18-19H2,1-3H3,(H,29,33). The van der Waals surface area contributed by atoms with Crippen molar-refractivity contribution in [1.29, 1.82) is 0 Å². The van der Waals surface area contributed by atoms with Gasteiger partial charge in [-0.25, -0.2) is 12.8 Å². The van der Waals surface area contributed by atoms with E-state index in [2.05, 4.69) is 5.32 Å². The van der Waals surface area contributed by atoms with Crippen LogP contribution in [0.15, 0.2) is 83.8 Å². The number of hydrogen-bond donors (Lipinski definition) is 1. The van der Waals surface area contributed by atoms with E-state index < -0.39 is 40.2 Å². The maximum atomic E-state index is 13.7. The van der Waals surface area contributed by atoms with Gasteiger partial charge in [0.1, 0.15) is 24.2 Å². The van der Waals surface area contributed by atoms with Crippen molar-refractivity contribution in [2.45, 2.75) is 31.3 Å². The van der Waals surface area contributed by atoms with Gasteiger partial charge in [-0.3, -0.25) is 13.9 Å². The number of para-hydroxylation sites is 1. The first kappa shape index (κ1) is 27.7. The van der Waals surface area contributed by atoms with Crippen molar-refractivity contribution in [2.75, 3.05) is 24.5 Å². The molecule has 0 radical (unpaired) electrons. The molecular formula is C27H30FN3O5S. The summed E-state index contributed by atoms with van der Waals surface area (Å²) in [6.45, 7) is 3.24. The van der Waals surface area contributed by atoms with Crippen molar-refractivity contribution in [2.24, 2.45) is 0 Å². The van der Waals surface area contributed by atoms with Crippen LogP contribution in [-0.4, -0.2) is 51.4 Å². The van der Waals surface area contributed by atoms with Crippen molar-refractivity contribution in [1.82, 2.24) is 10.2 Å². The van der Waals surface area contributed by atoms with Crippen LogP contribution in [0.25, 0.3) is 0 Å². The van der Waals surface area contributed by atoms with Gasteiger partial charge in [0.25, 0.3) is 10.0 Å². The Morgan fingerprint density at radius 2 is 1.59 bits per heavy atom. The van der Waals surface area contributed by atoms with Crippen LogP contribution in [0.1, 0.15) is 19.4 Å². The van der Waals surface area contributed by atoms with Gasteiger partial charge in [0.05, 0.1) is 17.2 Å². The molecule has 3 aromatic carbocycles. The summed E-state index contributed by atoms with van der Waals surface area (Å²) in [5, 5.41) is 2.52. The van der Waals surface area contributed by atoms with Crippen LogP contribution in [0.4, 0.5) is 10.1 Å². The van der Waals surface area contributed by atoms with E-state index in [1.807, 2.05) is 6.92 Å². The number of nitrogens with zero attached hydrogens (tertiary/aromatic N) is 2. The van der Waals surface area contributed by atoms with Gasteiger partial charge >= 0.3 is 0 Å². The highest BCUT2D eigenvalue weighted by molar-refractivity contribution is 7.92. The maximum Gasteiger partial charge on any atom is 0.264 e. The second-order valence-electron chi connectivity index (χ2n) is 8.19. The molecule has 0 saturated heterocycles. The minimum Gasteiger partial charge on any atom is -0.494 e. The predicted octanol–water partition coefficient (Wildman–Crippen LogP) is 3.58. The second-order valence-corrected chi connectivity index (χ2v) is 10.1. The molecule has 0 saturated carbocycles. The van der Waals surface area contributed by atoms with Crippen LogP contribution in [0.2, 0.25) is 0 Å². The van der Waals surface area contributed by atoms with Crippen LogP contribution < -0.4 is 14.4 Å². The van der Waals surface area contributed by atoms with E-state index in [0.29, 0.717) is 23.6 Å². The maximum absolute atomic E-state index is 13.7. The number of nitrogens with one attached hydrogen (secondary N) is 1. The molecule has 8 nitrogen and oxygen atoms in total. The van der Waals surface area contributed by atoms with E-state index >= 15 is 0 Å². The summed E-state index contributed by atoms with van der Waals surface area (Å²) >= 11 is 0. The number of sulfonamides is 1. The van der Waals surface area contributed by atoms with E-state index in [9.17, 15) is 22.4 Å². The topological polar surface area (TPSA) is 96.0 Å². The molecule has 3 rings (SSSR count). The lowest BCUT2D eigenvalue weighted by Gasteiger charge is -2.31. The number of rotatable bonds is 11. The van der Waals surface area contributed by atoms with E-state index in [1.54, 1.807) is 49.4 Å². The monoisotopic (exact) mass is 527 g/mol. The molecule has 1 N–H and O–H groups in total. The predicted molar refractivity (Wildman–Crippen MR) is 139 cm³/mol. The first-order valence-electron chi connectivity index (χ1n) is 11.7. The number of carbonyl (C=O) groups is 2. The fourth-order valence-corrected chi connectivity index (χ4v) is 5.12. The molecule has 10 heteroatoms. The zero-order valence-corrected chi connectivity index (χ0v) is 21.7. The summed E-state index contributed by atoms with van der Waals surface area (Å²) < 4.78 is 47.3. The molecule has 0 aliphatic rings. The first-order valence-corrected chi connectivity index (χ1v) is 13.2. The fraction of sp³-hybridized carbons (Fsp3) is 0.259. The van der Waals surface area contributed by atoms with E-state index in [4.69, 9.17) is 4.74 Å². The smallest absolute Gasteiger partial charge is 0.264 e. The molecule has 3 aromatic rings. The summed E-state index contributed by atoms with van der Waals surface area (Å²) in [6.07, 6.45) is 0. The third-order valence-electron chi connectivity index (χ3n) is 5.73. The van der Waals surface area contributed by atoms with Gasteiger partial charge in [0.2, 0.25) is 11.8 Å². The highest BCUT2D eigenvalue weighted by Gasteiger charge is 2.32. The lowest BCUT2D eigenvalue weighted by Crippen LogP contribution is -2.50. The molecule has 0 bridgehead atoms. The molecule has 0 fully saturated rings. The summed E-state index contributed by atoms with van der Waals surface area (Å²) in [5.74, 6) is -0.929. The fourth-order valence-electron chi connectivity index (χ4n) is 3.70. The van der Waals surface area contributed by atoms with Gasteiger partial charge in [0, 0.05) is 13.6 Å². The third-order valence-corrected chi connectivity index (χ3v) is 7.51. The van der Waals surface area contributed by atoms with Crippen LogP contribution in [0.5, 0.6) is 5.75 Å². The molecule has 0 spiro atoms. The first-order chi connectivity index (χ1) is 17.7. The average molecular weight is 528 g/mol.